The van der Waals surface area contributed by atoms with Crippen LogP contribution in [0.25, 0.3) is 0 Å². The second-order valence-electron chi connectivity index (χ2n) is 14.3. The SMILES string of the molecule is CCCCCCCC/C=C\CCCCCCCCCCCCOC(=O)CCCCCCCCCCC/C=C/CCCCCCCC. The van der Waals surface area contributed by atoms with Gasteiger partial charge in [0.2, 0.25) is 0 Å². The summed E-state index contributed by atoms with van der Waals surface area (Å²) in [6.07, 6.45) is 57.0. The van der Waals surface area contributed by atoms with Gasteiger partial charge in [0.15, 0.2) is 0 Å². The molecule has 0 aromatic heterocycles. The second-order valence-corrected chi connectivity index (χ2v) is 14.3. The van der Waals surface area contributed by atoms with Crippen molar-refractivity contribution in [2.75, 3.05) is 6.61 Å². The van der Waals surface area contributed by atoms with E-state index in [0.29, 0.717) is 13.0 Å². The molecule has 0 bridgehead atoms. The molecule has 46 heavy (non-hydrogen) atoms. The molecule has 272 valence electrons. The number of carbonyl (C=O) groups excluding carboxylic acids is 1. The van der Waals surface area contributed by atoms with Crippen LogP contribution in [-0.4, -0.2) is 12.6 Å². The van der Waals surface area contributed by atoms with E-state index in [4.69, 9.17) is 4.74 Å². The van der Waals surface area contributed by atoms with Gasteiger partial charge in [-0.25, -0.2) is 0 Å². The molecule has 0 atom stereocenters. The first-order valence-electron chi connectivity index (χ1n) is 21.3. The zero-order valence-corrected chi connectivity index (χ0v) is 31.8. The number of allylic oxidation sites excluding steroid dienone is 4. The van der Waals surface area contributed by atoms with Gasteiger partial charge in [-0.05, 0) is 64.2 Å². The van der Waals surface area contributed by atoms with Gasteiger partial charge in [-0.1, -0.05) is 199 Å². The average Bonchev–Trinajstić information content (AvgIpc) is 3.06. The highest BCUT2D eigenvalue weighted by Gasteiger charge is 2.03. The number of esters is 1. The molecular formula is C44H84O2. The van der Waals surface area contributed by atoms with Gasteiger partial charge in [0, 0.05) is 6.42 Å². The largest absolute Gasteiger partial charge is 0.466 e. The smallest absolute Gasteiger partial charge is 0.305 e. The molecule has 2 nitrogen and oxygen atoms in total. The normalized spacial score (nSPS) is 11.8. The summed E-state index contributed by atoms with van der Waals surface area (Å²) in [6, 6.07) is 0. The maximum atomic E-state index is 12.0. The highest BCUT2D eigenvalue weighted by Crippen LogP contribution is 2.14. The Hall–Kier alpha value is -1.05. The topological polar surface area (TPSA) is 26.3 Å². The van der Waals surface area contributed by atoms with Gasteiger partial charge in [0.25, 0.3) is 0 Å². The van der Waals surface area contributed by atoms with E-state index in [0.717, 1.165) is 12.8 Å². The van der Waals surface area contributed by atoms with E-state index in [-0.39, 0.29) is 5.97 Å². The van der Waals surface area contributed by atoms with Crippen LogP contribution < -0.4 is 0 Å². The number of hydrogen-bond donors (Lipinski definition) is 0. The second kappa shape index (κ2) is 42.0. The Morgan fingerprint density at radius 1 is 0.348 bits per heavy atom. The number of rotatable bonds is 39. The highest BCUT2D eigenvalue weighted by molar-refractivity contribution is 5.69. The lowest BCUT2D eigenvalue weighted by Gasteiger charge is -2.06. The molecule has 0 N–H and O–H groups in total. The molecule has 0 radical (unpaired) electrons. The minimum atomic E-state index is 0.0225. The summed E-state index contributed by atoms with van der Waals surface area (Å²) in [5, 5.41) is 0. The number of hydrogen-bond acceptors (Lipinski definition) is 2. The number of unbranched alkanes of at least 4 members (excludes halogenated alkanes) is 31. The molecule has 0 saturated carbocycles. The van der Waals surface area contributed by atoms with E-state index in [1.807, 2.05) is 0 Å². The summed E-state index contributed by atoms with van der Waals surface area (Å²) < 4.78 is 5.47. The molecular weight excluding hydrogens is 560 g/mol. The third kappa shape index (κ3) is 41.0. The molecule has 0 fully saturated rings. The van der Waals surface area contributed by atoms with Crippen LogP contribution in [0.15, 0.2) is 24.3 Å². The third-order valence-corrected chi connectivity index (χ3v) is 9.56. The molecule has 2 heteroatoms. The molecule has 0 spiro atoms. The lowest BCUT2D eigenvalue weighted by atomic mass is 10.1. The van der Waals surface area contributed by atoms with Crippen molar-refractivity contribution in [3.63, 3.8) is 0 Å². The minimum absolute atomic E-state index is 0.0225. The molecule has 0 saturated heterocycles. The van der Waals surface area contributed by atoms with E-state index in [1.165, 1.54) is 212 Å². The van der Waals surface area contributed by atoms with Crippen molar-refractivity contribution in [2.24, 2.45) is 0 Å². The Bertz CT molecular complexity index is 621. The van der Waals surface area contributed by atoms with Crippen LogP contribution in [0.1, 0.15) is 245 Å². The molecule has 0 aliphatic rings. The zero-order chi connectivity index (χ0) is 33.3. The monoisotopic (exact) mass is 645 g/mol. The van der Waals surface area contributed by atoms with Crippen molar-refractivity contribution in [2.45, 2.75) is 245 Å². The summed E-state index contributed by atoms with van der Waals surface area (Å²) in [4.78, 5) is 12.0. The van der Waals surface area contributed by atoms with Crippen LogP contribution in [-0.2, 0) is 9.53 Å². The lowest BCUT2D eigenvalue weighted by molar-refractivity contribution is -0.143. The van der Waals surface area contributed by atoms with E-state index < -0.39 is 0 Å². The highest BCUT2D eigenvalue weighted by atomic mass is 16.5. The fourth-order valence-electron chi connectivity index (χ4n) is 6.36. The summed E-state index contributed by atoms with van der Waals surface area (Å²) in [5.74, 6) is 0.0225. The van der Waals surface area contributed by atoms with E-state index in [9.17, 15) is 4.79 Å². The Morgan fingerprint density at radius 2 is 0.609 bits per heavy atom. The van der Waals surface area contributed by atoms with Crippen molar-refractivity contribution in [1.82, 2.24) is 0 Å². The van der Waals surface area contributed by atoms with E-state index >= 15 is 0 Å². The van der Waals surface area contributed by atoms with Gasteiger partial charge in [-0.15, -0.1) is 0 Å². The Kier molecular flexibility index (Phi) is 41.0. The predicted molar refractivity (Wildman–Crippen MR) is 207 cm³/mol. The zero-order valence-electron chi connectivity index (χ0n) is 31.8. The maximum absolute atomic E-state index is 12.0. The molecule has 0 unspecified atom stereocenters. The van der Waals surface area contributed by atoms with Crippen molar-refractivity contribution in [1.29, 1.82) is 0 Å². The summed E-state index contributed by atoms with van der Waals surface area (Å²) in [5.41, 5.74) is 0. The third-order valence-electron chi connectivity index (χ3n) is 9.56. The van der Waals surface area contributed by atoms with Gasteiger partial charge in [0.05, 0.1) is 6.61 Å². The summed E-state index contributed by atoms with van der Waals surface area (Å²) in [6.45, 7) is 5.20. The van der Waals surface area contributed by atoms with Gasteiger partial charge >= 0.3 is 5.97 Å². The van der Waals surface area contributed by atoms with Gasteiger partial charge < -0.3 is 4.74 Å². The molecule has 0 amide bonds. The first-order valence-corrected chi connectivity index (χ1v) is 21.3. The minimum Gasteiger partial charge on any atom is -0.466 e. The van der Waals surface area contributed by atoms with E-state index in [2.05, 4.69) is 38.2 Å². The fraction of sp³-hybridized carbons (Fsp3) is 0.886. The van der Waals surface area contributed by atoms with Crippen LogP contribution in [0.3, 0.4) is 0 Å². The fourth-order valence-corrected chi connectivity index (χ4v) is 6.36. The molecule has 0 aliphatic heterocycles. The Balaban J connectivity index is 3.20. The molecule has 0 heterocycles. The van der Waals surface area contributed by atoms with Crippen LogP contribution in [0.4, 0.5) is 0 Å². The van der Waals surface area contributed by atoms with Gasteiger partial charge in [0.1, 0.15) is 0 Å². The van der Waals surface area contributed by atoms with Crippen LogP contribution >= 0.6 is 0 Å². The Morgan fingerprint density at radius 3 is 0.935 bits per heavy atom. The van der Waals surface area contributed by atoms with Crippen LogP contribution in [0.2, 0.25) is 0 Å². The number of ether oxygens (including phenoxy) is 1. The van der Waals surface area contributed by atoms with Crippen molar-refractivity contribution >= 4 is 5.97 Å². The van der Waals surface area contributed by atoms with Gasteiger partial charge in [-0.3, -0.25) is 4.79 Å². The van der Waals surface area contributed by atoms with Crippen molar-refractivity contribution < 1.29 is 9.53 Å². The first-order chi connectivity index (χ1) is 22.8. The molecule has 0 aromatic rings. The predicted octanol–water partition coefficient (Wildman–Crippen LogP) is 15.7. The van der Waals surface area contributed by atoms with Crippen LogP contribution in [0, 0.1) is 0 Å². The molecule has 0 aliphatic carbocycles. The summed E-state index contributed by atoms with van der Waals surface area (Å²) in [7, 11) is 0. The first kappa shape index (κ1) is 45.0. The Labute approximate surface area is 290 Å². The quantitative estimate of drug-likeness (QED) is 0.0378. The lowest BCUT2D eigenvalue weighted by Crippen LogP contribution is -2.05. The summed E-state index contributed by atoms with van der Waals surface area (Å²) >= 11 is 0. The molecule has 0 rings (SSSR count). The van der Waals surface area contributed by atoms with Crippen LogP contribution in [0.5, 0.6) is 0 Å². The standard InChI is InChI=1S/C44H84O2/c1-3-5-7-9-11-13-15-17-19-21-23-25-27-29-31-33-35-37-39-41-43-46-44(45)42-40-38-36-34-32-30-28-26-24-22-20-18-16-14-12-10-8-6-4-2/h17-20H,3-16,21-43H2,1-2H3/b19-17-,20-18+. The number of carbonyl (C=O) groups is 1. The average molecular weight is 645 g/mol. The van der Waals surface area contributed by atoms with Crippen molar-refractivity contribution in [3.05, 3.63) is 24.3 Å². The van der Waals surface area contributed by atoms with E-state index in [1.54, 1.807) is 0 Å². The maximum Gasteiger partial charge on any atom is 0.305 e. The van der Waals surface area contributed by atoms with Gasteiger partial charge in [-0.2, -0.15) is 0 Å². The van der Waals surface area contributed by atoms with Crippen molar-refractivity contribution in [3.8, 4) is 0 Å². The molecule has 0 aromatic carbocycles.